The van der Waals surface area contributed by atoms with Gasteiger partial charge in [-0.1, -0.05) is 22.0 Å². The summed E-state index contributed by atoms with van der Waals surface area (Å²) in [6.07, 6.45) is -0.529. The van der Waals surface area contributed by atoms with Crippen LogP contribution in [-0.4, -0.2) is 44.2 Å². The van der Waals surface area contributed by atoms with Crippen LogP contribution in [0.1, 0.15) is 5.56 Å². The first-order valence-corrected chi connectivity index (χ1v) is 7.51. The predicted molar refractivity (Wildman–Crippen MR) is 83.1 cm³/mol. The van der Waals surface area contributed by atoms with Crippen LogP contribution >= 0.6 is 15.9 Å². The SMILES string of the molecule is Cc1ccc(Br)cc1NC(=O)CNC(=O)C1CNCCO1. The zero-order valence-corrected chi connectivity index (χ0v) is 13.3. The summed E-state index contributed by atoms with van der Waals surface area (Å²) in [6, 6.07) is 5.63. The van der Waals surface area contributed by atoms with Gasteiger partial charge in [-0.3, -0.25) is 9.59 Å². The minimum absolute atomic E-state index is 0.0787. The van der Waals surface area contributed by atoms with Gasteiger partial charge in [0.1, 0.15) is 6.10 Å². The van der Waals surface area contributed by atoms with Gasteiger partial charge in [-0.05, 0) is 24.6 Å². The van der Waals surface area contributed by atoms with Gasteiger partial charge in [-0.25, -0.2) is 0 Å². The number of hydrogen-bond donors (Lipinski definition) is 3. The third kappa shape index (κ3) is 4.80. The standard InChI is InChI=1S/C14H18BrN3O3/c1-9-2-3-10(15)6-11(9)18-13(19)8-17-14(20)12-7-16-4-5-21-12/h2-3,6,12,16H,4-5,7-8H2,1H3,(H,17,20)(H,18,19). The fourth-order valence-electron chi connectivity index (χ4n) is 1.94. The second kappa shape index (κ2) is 7.53. The van der Waals surface area contributed by atoms with Gasteiger partial charge in [-0.15, -0.1) is 0 Å². The molecule has 1 heterocycles. The van der Waals surface area contributed by atoms with E-state index < -0.39 is 6.10 Å². The fraction of sp³-hybridized carbons (Fsp3) is 0.429. The summed E-state index contributed by atoms with van der Waals surface area (Å²) < 4.78 is 6.20. The Balaban J connectivity index is 1.81. The van der Waals surface area contributed by atoms with Crippen molar-refractivity contribution < 1.29 is 14.3 Å². The first-order chi connectivity index (χ1) is 10.1. The number of carbonyl (C=O) groups is 2. The maximum Gasteiger partial charge on any atom is 0.250 e. The number of amides is 2. The molecule has 6 nitrogen and oxygen atoms in total. The quantitative estimate of drug-likeness (QED) is 0.746. The van der Waals surface area contributed by atoms with E-state index in [4.69, 9.17) is 4.74 Å². The molecule has 0 aliphatic carbocycles. The highest BCUT2D eigenvalue weighted by molar-refractivity contribution is 9.10. The van der Waals surface area contributed by atoms with Crippen LogP contribution in [0.5, 0.6) is 0 Å². The second-order valence-electron chi connectivity index (χ2n) is 4.79. The van der Waals surface area contributed by atoms with Crippen LogP contribution in [-0.2, 0) is 14.3 Å². The predicted octanol–water partition coefficient (Wildman–Crippen LogP) is 0.801. The largest absolute Gasteiger partial charge is 0.366 e. The van der Waals surface area contributed by atoms with E-state index in [9.17, 15) is 9.59 Å². The minimum Gasteiger partial charge on any atom is -0.366 e. The summed E-state index contributed by atoms with van der Waals surface area (Å²) in [6.45, 7) is 3.54. The normalized spacial score (nSPS) is 18.1. The van der Waals surface area contributed by atoms with Crippen LogP contribution in [0.4, 0.5) is 5.69 Å². The number of hydrogen-bond acceptors (Lipinski definition) is 4. The van der Waals surface area contributed by atoms with E-state index in [-0.39, 0.29) is 18.4 Å². The smallest absolute Gasteiger partial charge is 0.250 e. The van der Waals surface area contributed by atoms with Gasteiger partial charge in [-0.2, -0.15) is 0 Å². The lowest BCUT2D eigenvalue weighted by Gasteiger charge is -2.22. The van der Waals surface area contributed by atoms with Gasteiger partial charge < -0.3 is 20.7 Å². The molecule has 2 amide bonds. The number of morpholine rings is 1. The van der Waals surface area contributed by atoms with E-state index in [0.29, 0.717) is 13.2 Å². The van der Waals surface area contributed by atoms with E-state index in [1.54, 1.807) is 0 Å². The molecule has 114 valence electrons. The molecule has 7 heteroatoms. The number of ether oxygens (including phenoxy) is 1. The Hall–Kier alpha value is -1.44. The van der Waals surface area contributed by atoms with Gasteiger partial charge in [0.25, 0.3) is 5.91 Å². The molecule has 3 N–H and O–H groups in total. The highest BCUT2D eigenvalue weighted by Crippen LogP contribution is 2.20. The molecule has 0 aromatic heterocycles. The molecular weight excluding hydrogens is 338 g/mol. The highest BCUT2D eigenvalue weighted by Gasteiger charge is 2.21. The van der Waals surface area contributed by atoms with Crippen LogP contribution in [0.3, 0.4) is 0 Å². The summed E-state index contributed by atoms with van der Waals surface area (Å²) in [5.41, 5.74) is 1.68. The van der Waals surface area contributed by atoms with Crippen molar-refractivity contribution in [2.24, 2.45) is 0 Å². The molecule has 1 unspecified atom stereocenters. The molecule has 1 aliphatic rings. The Bertz CT molecular complexity index is 530. The number of nitrogens with one attached hydrogen (secondary N) is 3. The van der Waals surface area contributed by atoms with Crippen molar-refractivity contribution in [3.63, 3.8) is 0 Å². The van der Waals surface area contributed by atoms with Gasteiger partial charge >= 0.3 is 0 Å². The topological polar surface area (TPSA) is 79.5 Å². The Morgan fingerprint density at radius 2 is 2.29 bits per heavy atom. The van der Waals surface area contributed by atoms with E-state index in [2.05, 4.69) is 31.9 Å². The van der Waals surface area contributed by atoms with Crippen molar-refractivity contribution in [3.8, 4) is 0 Å². The zero-order valence-electron chi connectivity index (χ0n) is 11.7. The summed E-state index contributed by atoms with van der Waals surface area (Å²) in [7, 11) is 0. The molecule has 0 spiro atoms. The first kappa shape index (κ1) is 15.9. The zero-order chi connectivity index (χ0) is 15.2. The van der Waals surface area contributed by atoms with Crippen molar-refractivity contribution in [2.75, 3.05) is 31.6 Å². The van der Waals surface area contributed by atoms with Crippen molar-refractivity contribution in [1.29, 1.82) is 0 Å². The van der Waals surface area contributed by atoms with Gasteiger partial charge in [0.05, 0.1) is 13.2 Å². The molecule has 21 heavy (non-hydrogen) atoms. The van der Waals surface area contributed by atoms with E-state index in [1.165, 1.54) is 0 Å². The Morgan fingerprint density at radius 3 is 3.00 bits per heavy atom. The summed E-state index contributed by atoms with van der Waals surface area (Å²) in [5.74, 6) is -0.545. The molecule has 1 atom stereocenters. The average Bonchev–Trinajstić information content (AvgIpc) is 2.49. The van der Waals surface area contributed by atoms with Gasteiger partial charge in [0.15, 0.2) is 0 Å². The van der Waals surface area contributed by atoms with Crippen LogP contribution in [0.2, 0.25) is 0 Å². The van der Waals surface area contributed by atoms with Crippen molar-refractivity contribution in [2.45, 2.75) is 13.0 Å². The number of rotatable bonds is 4. The molecule has 1 saturated heterocycles. The number of anilines is 1. The third-order valence-corrected chi connectivity index (χ3v) is 3.61. The lowest BCUT2D eigenvalue weighted by molar-refractivity contribution is -0.135. The molecule has 1 aromatic rings. The molecular formula is C14H18BrN3O3. The number of carbonyl (C=O) groups excluding carboxylic acids is 2. The molecule has 2 rings (SSSR count). The van der Waals surface area contributed by atoms with Crippen molar-refractivity contribution in [1.82, 2.24) is 10.6 Å². The fourth-order valence-corrected chi connectivity index (χ4v) is 2.30. The Morgan fingerprint density at radius 1 is 1.48 bits per heavy atom. The molecule has 0 bridgehead atoms. The molecule has 1 fully saturated rings. The van der Waals surface area contributed by atoms with E-state index in [1.807, 2.05) is 25.1 Å². The minimum atomic E-state index is -0.529. The van der Waals surface area contributed by atoms with Crippen LogP contribution in [0.25, 0.3) is 0 Å². The summed E-state index contributed by atoms with van der Waals surface area (Å²) >= 11 is 3.36. The second-order valence-corrected chi connectivity index (χ2v) is 5.70. The number of halogens is 1. The number of aryl methyl sites for hydroxylation is 1. The first-order valence-electron chi connectivity index (χ1n) is 6.72. The molecule has 0 radical (unpaired) electrons. The monoisotopic (exact) mass is 355 g/mol. The Labute approximate surface area is 131 Å². The van der Waals surface area contributed by atoms with E-state index >= 15 is 0 Å². The lowest BCUT2D eigenvalue weighted by Crippen LogP contribution is -2.49. The van der Waals surface area contributed by atoms with E-state index in [0.717, 1.165) is 22.3 Å². The lowest BCUT2D eigenvalue weighted by atomic mass is 10.2. The maximum atomic E-state index is 11.9. The third-order valence-electron chi connectivity index (χ3n) is 3.12. The van der Waals surface area contributed by atoms with Crippen LogP contribution in [0, 0.1) is 6.92 Å². The summed E-state index contributed by atoms with van der Waals surface area (Å²) in [5, 5.41) is 8.41. The number of benzene rings is 1. The van der Waals surface area contributed by atoms with Crippen LogP contribution < -0.4 is 16.0 Å². The molecule has 1 aromatic carbocycles. The highest BCUT2D eigenvalue weighted by atomic mass is 79.9. The molecule has 0 saturated carbocycles. The maximum absolute atomic E-state index is 11.9. The Kier molecular flexibility index (Phi) is 5.72. The average molecular weight is 356 g/mol. The van der Waals surface area contributed by atoms with Gasteiger partial charge in [0, 0.05) is 23.2 Å². The van der Waals surface area contributed by atoms with Crippen LogP contribution in [0.15, 0.2) is 22.7 Å². The van der Waals surface area contributed by atoms with Gasteiger partial charge in [0.2, 0.25) is 5.91 Å². The summed E-state index contributed by atoms with van der Waals surface area (Å²) in [4.78, 5) is 23.7. The molecule has 1 aliphatic heterocycles. The van der Waals surface area contributed by atoms with Crippen molar-refractivity contribution in [3.05, 3.63) is 28.2 Å². The van der Waals surface area contributed by atoms with Crippen molar-refractivity contribution >= 4 is 33.4 Å².